The molecule has 0 aliphatic carbocycles. The molecule has 0 bridgehead atoms. The van der Waals surface area contributed by atoms with E-state index in [0.29, 0.717) is 11.8 Å². The quantitative estimate of drug-likeness (QED) is 0.893. The third kappa shape index (κ3) is 2.06. The third-order valence-electron chi connectivity index (χ3n) is 3.26. The summed E-state index contributed by atoms with van der Waals surface area (Å²) in [7, 11) is 0. The molecule has 1 aliphatic rings. The molecule has 0 saturated carbocycles. The van der Waals surface area contributed by atoms with E-state index in [2.05, 4.69) is 35.3 Å². The number of ether oxygens (including phenoxy) is 1. The number of hydrogen-bond acceptors (Lipinski definition) is 4. The first-order chi connectivity index (χ1) is 8.74. The second-order valence-corrected chi connectivity index (χ2v) is 5.02. The van der Waals surface area contributed by atoms with Crippen LogP contribution in [-0.2, 0) is 0 Å². The van der Waals surface area contributed by atoms with Crippen molar-refractivity contribution in [3.63, 3.8) is 0 Å². The van der Waals surface area contributed by atoms with Crippen molar-refractivity contribution in [2.45, 2.75) is 32.3 Å². The Hall–Kier alpha value is -1.62. The largest absolute Gasteiger partial charge is 0.471 e. The van der Waals surface area contributed by atoms with Crippen molar-refractivity contribution >= 4 is 5.52 Å². The van der Waals surface area contributed by atoms with Crippen LogP contribution in [0.25, 0.3) is 5.52 Å². The van der Waals surface area contributed by atoms with Crippen LogP contribution in [0.3, 0.4) is 0 Å². The number of rotatable bonds is 3. The second-order valence-electron chi connectivity index (χ2n) is 5.02. The molecule has 5 nitrogen and oxygen atoms in total. The van der Waals surface area contributed by atoms with Crippen LogP contribution in [-0.4, -0.2) is 33.8 Å². The molecule has 18 heavy (non-hydrogen) atoms. The summed E-state index contributed by atoms with van der Waals surface area (Å²) >= 11 is 0. The van der Waals surface area contributed by atoms with Crippen molar-refractivity contribution < 1.29 is 4.74 Å². The van der Waals surface area contributed by atoms with Gasteiger partial charge >= 0.3 is 0 Å². The highest BCUT2D eigenvalue weighted by Gasteiger charge is 2.18. The number of aromatic nitrogens is 3. The van der Waals surface area contributed by atoms with Crippen LogP contribution in [0.2, 0.25) is 0 Å². The van der Waals surface area contributed by atoms with Gasteiger partial charge in [0.2, 0.25) is 5.88 Å². The smallest absolute Gasteiger partial charge is 0.240 e. The van der Waals surface area contributed by atoms with E-state index in [1.165, 1.54) is 0 Å². The Morgan fingerprint density at radius 1 is 1.50 bits per heavy atom. The van der Waals surface area contributed by atoms with Gasteiger partial charge in [0.05, 0.1) is 5.69 Å². The van der Waals surface area contributed by atoms with Crippen LogP contribution in [0.4, 0.5) is 0 Å². The fourth-order valence-electron chi connectivity index (χ4n) is 2.18. The van der Waals surface area contributed by atoms with Crippen molar-refractivity contribution in [2.75, 3.05) is 13.1 Å². The van der Waals surface area contributed by atoms with Crippen molar-refractivity contribution in [3.05, 3.63) is 24.2 Å². The molecule has 1 fully saturated rings. The number of hydrogen-bond donors (Lipinski definition) is 1. The summed E-state index contributed by atoms with van der Waals surface area (Å²) in [6.45, 7) is 6.19. The molecule has 1 N–H and O–H groups in total. The SMILES string of the molecule is CC(C)c1cc2c(OC3CCNC3)nccn2n1. The van der Waals surface area contributed by atoms with Crippen molar-refractivity contribution in [1.82, 2.24) is 19.9 Å². The van der Waals surface area contributed by atoms with Gasteiger partial charge in [-0.05, 0) is 24.9 Å². The lowest BCUT2D eigenvalue weighted by molar-refractivity contribution is 0.216. The predicted octanol–water partition coefficient (Wildman–Crippen LogP) is 1.59. The first-order valence-corrected chi connectivity index (χ1v) is 6.45. The van der Waals surface area contributed by atoms with E-state index >= 15 is 0 Å². The Balaban J connectivity index is 1.95. The van der Waals surface area contributed by atoms with Crippen molar-refractivity contribution in [2.24, 2.45) is 0 Å². The van der Waals surface area contributed by atoms with Crippen LogP contribution in [0.15, 0.2) is 18.5 Å². The average Bonchev–Trinajstić information content (AvgIpc) is 2.97. The molecule has 1 saturated heterocycles. The van der Waals surface area contributed by atoms with Gasteiger partial charge < -0.3 is 10.1 Å². The van der Waals surface area contributed by atoms with E-state index in [-0.39, 0.29) is 6.10 Å². The van der Waals surface area contributed by atoms with Crippen LogP contribution in [0.1, 0.15) is 31.9 Å². The highest BCUT2D eigenvalue weighted by Crippen LogP contribution is 2.22. The average molecular weight is 246 g/mol. The van der Waals surface area contributed by atoms with Gasteiger partial charge in [0, 0.05) is 18.9 Å². The van der Waals surface area contributed by atoms with E-state index in [0.717, 1.165) is 30.7 Å². The molecular weight excluding hydrogens is 228 g/mol. The van der Waals surface area contributed by atoms with E-state index in [9.17, 15) is 0 Å². The molecule has 1 atom stereocenters. The maximum absolute atomic E-state index is 5.95. The van der Waals surface area contributed by atoms with Crippen LogP contribution < -0.4 is 10.1 Å². The molecular formula is C13H18N4O. The fourth-order valence-corrected chi connectivity index (χ4v) is 2.18. The minimum absolute atomic E-state index is 0.223. The van der Waals surface area contributed by atoms with Crippen LogP contribution in [0.5, 0.6) is 5.88 Å². The summed E-state index contributed by atoms with van der Waals surface area (Å²) in [6, 6.07) is 2.06. The second kappa shape index (κ2) is 4.57. The lowest BCUT2D eigenvalue weighted by atomic mass is 10.1. The molecule has 2 aromatic heterocycles. The third-order valence-corrected chi connectivity index (χ3v) is 3.26. The normalized spacial score (nSPS) is 19.8. The maximum atomic E-state index is 5.95. The van der Waals surface area contributed by atoms with Crippen molar-refractivity contribution in [1.29, 1.82) is 0 Å². The molecule has 0 spiro atoms. The molecule has 3 heterocycles. The summed E-state index contributed by atoms with van der Waals surface area (Å²) < 4.78 is 7.79. The first-order valence-electron chi connectivity index (χ1n) is 6.45. The Kier molecular flexibility index (Phi) is 2.91. The van der Waals surface area contributed by atoms with Gasteiger partial charge in [-0.1, -0.05) is 13.8 Å². The van der Waals surface area contributed by atoms with Gasteiger partial charge in [0.1, 0.15) is 11.6 Å². The van der Waals surface area contributed by atoms with Crippen LogP contribution >= 0.6 is 0 Å². The fraction of sp³-hybridized carbons (Fsp3) is 0.538. The monoisotopic (exact) mass is 246 g/mol. The molecule has 3 rings (SSSR count). The highest BCUT2D eigenvalue weighted by molar-refractivity contribution is 5.56. The molecule has 96 valence electrons. The van der Waals surface area contributed by atoms with Gasteiger partial charge in [-0.25, -0.2) is 9.50 Å². The van der Waals surface area contributed by atoms with E-state index in [1.807, 2.05) is 10.7 Å². The summed E-state index contributed by atoms with van der Waals surface area (Å²) in [5, 5.41) is 7.82. The summed E-state index contributed by atoms with van der Waals surface area (Å²) in [5.74, 6) is 1.09. The minimum atomic E-state index is 0.223. The molecule has 1 unspecified atom stereocenters. The Morgan fingerprint density at radius 2 is 2.39 bits per heavy atom. The number of fused-ring (bicyclic) bond motifs is 1. The van der Waals surface area contributed by atoms with Gasteiger partial charge in [-0.15, -0.1) is 0 Å². The predicted molar refractivity (Wildman–Crippen MR) is 69.0 cm³/mol. The Labute approximate surface area is 106 Å². The lowest BCUT2D eigenvalue weighted by Crippen LogP contribution is -2.20. The summed E-state index contributed by atoms with van der Waals surface area (Å²) in [6.07, 6.45) is 4.86. The highest BCUT2D eigenvalue weighted by atomic mass is 16.5. The van der Waals surface area contributed by atoms with Gasteiger partial charge in [-0.2, -0.15) is 5.10 Å². The molecule has 0 radical (unpaired) electrons. The molecule has 0 amide bonds. The molecule has 5 heteroatoms. The standard InChI is InChI=1S/C13H18N4O/c1-9(2)11-7-12-13(15-5-6-17(12)16-11)18-10-3-4-14-8-10/h5-7,9-10,14H,3-4,8H2,1-2H3. The number of nitrogens with one attached hydrogen (secondary N) is 1. The lowest BCUT2D eigenvalue weighted by Gasteiger charge is -2.11. The Morgan fingerprint density at radius 3 is 3.11 bits per heavy atom. The van der Waals surface area contributed by atoms with E-state index in [4.69, 9.17) is 4.74 Å². The zero-order valence-electron chi connectivity index (χ0n) is 10.8. The van der Waals surface area contributed by atoms with E-state index in [1.54, 1.807) is 6.20 Å². The van der Waals surface area contributed by atoms with Crippen LogP contribution in [0, 0.1) is 0 Å². The van der Waals surface area contributed by atoms with Gasteiger partial charge in [0.15, 0.2) is 0 Å². The molecule has 2 aromatic rings. The molecule has 1 aliphatic heterocycles. The zero-order valence-corrected chi connectivity index (χ0v) is 10.8. The topological polar surface area (TPSA) is 51.5 Å². The van der Waals surface area contributed by atoms with Crippen molar-refractivity contribution in [3.8, 4) is 5.88 Å². The van der Waals surface area contributed by atoms with Gasteiger partial charge in [-0.3, -0.25) is 0 Å². The zero-order chi connectivity index (χ0) is 12.5. The summed E-state index contributed by atoms with van der Waals surface area (Å²) in [5.41, 5.74) is 2.02. The number of nitrogens with zero attached hydrogens (tertiary/aromatic N) is 3. The Bertz CT molecular complexity index is 543. The molecule has 0 aromatic carbocycles. The van der Waals surface area contributed by atoms with Gasteiger partial charge in [0.25, 0.3) is 0 Å². The minimum Gasteiger partial charge on any atom is -0.471 e. The maximum Gasteiger partial charge on any atom is 0.240 e. The summed E-state index contributed by atoms with van der Waals surface area (Å²) in [4.78, 5) is 4.33. The van der Waals surface area contributed by atoms with E-state index < -0.39 is 0 Å². The first kappa shape index (κ1) is 11.5.